The highest BCUT2D eigenvalue weighted by molar-refractivity contribution is 5.68. The van der Waals surface area contributed by atoms with Crippen molar-refractivity contribution in [3.05, 3.63) is 0 Å². The van der Waals surface area contributed by atoms with Crippen LogP contribution >= 0.6 is 0 Å². The molecule has 0 fully saturated rings. The minimum Gasteiger partial charge on any atom is -0.298 e. The summed E-state index contributed by atoms with van der Waals surface area (Å²) in [5, 5.41) is 0. The molecule has 0 unspecified atom stereocenters. The summed E-state index contributed by atoms with van der Waals surface area (Å²) in [6, 6.07) is 0. The predicted octanol–water partition coefficient (Wildman–Crippen LogP) is 6.99. The molecule has 0 aliphatic carbocycles. The van der Waals surface area contributed by atoms with Crippen LogP contribution < -0.4 is 0 Å². The van der Waals surface area contributed by atoms with E-state index in [0.29, 0.717) is 6.42 Å². The van der Waals surface area contributed by atoms with Crippen molar-refractivity contribution < 1.29 is 14.6 Å². The fraction of sp³-hybridized carbons (Fsp3) is 0.952. The van der Waals surface area contributed by atoms with Crippen LogP contribution in [-0.2, 0) is 14.6 Å². The van der Waals surface area contributed by atoms with E-state index in [1.165, 1.54) is 51.4 Å². The molecule has 3 heteroatoms. The Morgan fingerprint density at radius 1 is 0.750 bits per heavy atom. The standard InChI is InChI=1S/C21H42O3/c1-7-8-9-10-11-12-13-14-15-16-17-19(22)23-24-21(5,6)18-20(2,3)4/h7-18H2,1-6H3. The molecule has 0 aliphatic heterocycles. The van der Waals surface area contributed by atoms with Gasteiger partial charge in [-0.3, -0.25) is 4.89 Å². The zero-order valence-corrected chi connectivity index (χ0v) is 17.2. The normalized spacial score (nSPS) is 12.4. The molecule has 0 N–H and O–H groups in total. The van der Waals surface area contributed by atoms with Crippen molar-refractivity contribution in [2.75, 3.05) is 0 Å². The zero-order valence-electron chi connectivity index (χ0n) is 17.2. The van der Waals surface area contributed by atoms with Crippen LogP contribution in [0.4, 0.5) is 0 Å². The van der Waals surface area contributed by atoms with Gasteiger partial charge in [0, 0.05) is 6.42 Å². The Labute approximate surface area is 150 Å². The van der Waals surface area contributed by atoms with Crippen molar-refractivity contribution in [3.63, 3.8) is 0 Å². The van der Waals surface area contributed by atoms with Crippen molar-refractivity contribution in [1.82, 2.24) is 0 Å². The Hall–Kier alpha value is -0.570. The summed E-state index contributed by atoms with van der Waals surface area (Å²) in [5.74, 6) is -0.239. The Morgan fingerprint density at radius 3 is 1.67 bits per heavy atom. The summed E-state index contributed by atoms with van der Waals surface area (Å²) >= 11 is 0. The van der Waals surface area contributed by atoms with Gasteiger partial charge in [0.05, 0.1) is 0 Å². The van der Waals surface area contributed by atoms with Crippen LogP contribution in [0.25, 0.3) is 0 Å². The first-order chi connectivity index (χ1) is 11.2. The van der Waals surface area contributed by atoms with E-state index in [1.54, 1.807) is 0 Å². The maximum atomic E-state index is 11.7. The summed E-state index contributed by atoms with van der Waals surface area (Å²) in [5.41, 5.74) is -0.294. The number of hydrogen-bond acceptors (Lipinski definition) is 3. The maximum absolute atomic E-state index is 11.7. The number of carbonyl (C=O) groups excluding carboxylic acids is 1. The van der Waals surface area contributed by atoms with Gasteiger partial charge in [-0.15, -0.1) is 0 Å². The summed E-state index contributed by atoms with van der Waals surface area (Å²) in [7, 11) is 0. The number of carbonyl (C=O) groups is 1. The van der Waals surface area contributed by atoms with Gasteiger partial charge in [0.1, 0.15) is 5.60 Å². The van der Waals surface area contributed by atoms with Gasteiger partial charge in [-0.25, -0.2) is 4.79 Å². The minimum atomic E-state index is -0.439. The molecule has 0 radical (unpaired) electrons. The monoisotopic (exact) mass is 342 g/mol. The molecule has 0 aromatic rings. The topological polar surface area (TPSA) is 35.5 Å². The summed E-state index contributed by atoms with van der Waals surface area (Å²) in [6.45, 7) is 12.6. The molecule has 0 saturated carbocycles. The first-order valence-corrected chi connectivity index (χ1v) is 10.0. The lowest BCUT2D eigenvalue weighted by Gasteiger charge is -2.30. The Balaban J connectivity index is 3.53. The molecule has 0 aliphatic rings. The van der Waals surface area contributed by atoms with Crippen LogP contribution in [0.5, 0.6) is 0 Å². The van der Waals surface area contributed by atoms with Crippen LogP contribution in [0.15, 0.2) is 0 Å². The molecule has 0 aromatic carbocycles. The van der Waals surface area contributed by atoms with Gasteiger partial charge >= 0.3 is 5.97 Å². The van der Waals surface area contributed by atoms with E-state index in [0.717, 1.165) is 19.3 Å². The summed E-state index contributed by atoms with van der Waals surface area (Å²) in [6.07, 6.45) is 13.9. The highest BCUT2D eigenvalue weighted by Gasteiger charge is 2.28. The second-order valence-corrected chi connectivity index (χ2v) is 8.97. The van der Waals surface area contributed by atoms with Gasteiger partial charge in [0.15, 0.2) is 0 Å². The van der Waals surface area contributed by atoms with Crippen molar-refractivity contribution in [1.29, 1.82) is 0 Å². The molecule has 0 saturated heterocycles. The second kappa shape index (κ2) is 12.7. The Kier molecular flexibility index (Phi) is 12.4. The molecule has 0 spiro atoms. The van der Waals surface area contributed by atoms with E-state index in [2.05, 4.69) is 27.7 Å². The largest absolute Gasteiger partial charge is 0.342 e. The van der Waals surface area contributed by atoms with E-state index >= 15 is 0 Å². The van der Waals surface area contributed by atoms with Crippen LogP contribution in [0.2, 0.25) is 0 Å². The lowest BCUT2D eigenvalue weighted by atomic mass is 9.84. The van der Waals surface area contributed by atoms with Gasteiger partial charge < -0.3 is 0 Å². The molecule has 144 valence electrons. The first-order valence-electron chi connectivity index (χ1n) is 10.0. The molecule has 3 nitrogen and oxygen atoms in total. The van der Waals surface area contributed by atoms with Crippen molar-refractivity contribution in [2.24, 2.45) is 5.41 Å². The predicted molar refractivity (Wildman–Crippen MR) is 102 cm³/mol. The highest BCUT2D eigenvalue weighted by Crippen LogP contribution is 2.29. The molecule has 0 bridgehead atoms. The van der Waals surface area contributed by atoms with Gasteiger partial charge in [0.2, 0.25) is 0 Å². The number of hydrogen-bond donors (Lipinski definition) is 0. The summed E-state index contributed by atoms with van der Waals surface area (Å²) in [4.78, 5) is 22.1. The SMILES string of the molecule is CCCCCCCCCCCCC(=O)OOC(C)(C)CC(C)(C)C. The van der Waals surface area contributed by atoms with Gasteiger partial charge in [-0.2, -0.15) is 4.89 Å². The fourth-order valence-corrected chi connectivity index (χ4v) is 3.26. The van der Waals surface area contributed by atoms with Crippen molar-refractivity contribution in [2.45, 2.75) is 124 Å². The lowest BCUT2D eigenvalue weighted by Crippen LogP contribution is -2.31. The Morgan fingerprint density at radius 2 is 1.21 bits per heavy atom. The van der Waals surface area contributed by atoms with E-state index in [-0.39, 0.29) is 11.4 Å². The van der Waals surface area contributed by atoms with Gasteiger partial charge in [0.25, 0.3) is 0 Å². The van der Waals surface area contributed by atoms with E-state index in [1.807, 2.05) is 13.8 Å². The number of rotatable bonds is 14. The third kappa shape index (κ3) is 16.3. The molecule has 0 rings (SSSR count). The van der Waals surface area contributed by atoms with Crippen LogP contribution in [0, 0.1) is 5.41 Å². The van der Waals surface area contributed by atoms with Crippen molar-refractivity contribution >= 4 is 5.97 Å². The minimum absolute atomic E-state index is 0.145. The van der Waals surface area contributed by atoms with E-state index < -0.39 is 5.60 Å². The Bertz CT molecular complexity index is 316. The quantitative estimate of drug-likeness (QED) is 0.194. The van der Waals surface area contributed by atoms with Crippen molar-refractivity contribution in [3.8, 4) is 0 Å². The molecule has 0 amide bonds. The fourth-order valence-electron chi connectivity index (χ4n) is 3.26. The average molecular weight is 343 g/mol. The number of unbranched alkanes of at least 4 members (excludes halogenated alkanes) is 9. The second-order valence-electron chi connectivity index (χ2n) is 8.97. The van der Waals surface area contributed by atoms with E-state index in [4.69, 9.17) is 9.78 Å². The molecular formula is C21H42O3. The first kappa shape index (κ1) is 23.4. The van der Waals surface area contributed by atoms with Gasteiger partial charge in [-0.05, 0) is 32.1 Å². The molecular weight excluding hydrogens is 300 g/mol. The maximum Gasteiger partial charge on any atom is 0.342 e. The smallest absolute Gasteiger partial charge is 0.298 e. The summed E-state index contributed by atoms with van der Waals surface area (Å²) < 4.78 is 0. The third-order valence-electron chi connectivity index (χ3n) is 4.05. The van der Waals surface area contributed by atoms with Crippen LogP contribution in [0.3, 0.4) is 0 Å². The molecule has 24 heavy (non-hydrogen) atoms. The third-order valence-corrected chi connectivity index (χ3v) is 4.05. The van der Waals surface area contributed by atoms with Crippen LogP contribution in [0.1, 0.15) is 119 Å². The molecule has 0 atom stereocenters. The highest BCUT2D eigenvalue weighted by atomic mass is 17.2. The molecule has 0 heterocycles. The lowest BCUT2D eigenvalue weighted by molar-refractivity contribution is -0.329. The molecule has 0 aromatic heterocycles. The van der Waals surface area contributed by atoms with E-state index in [9.17, 15) is 4.79 Å². The zero-order chi connectivity index (χ0) is 18.5. The van der Waals surface area contributed by atoms with Crippen LogP contribution in [-0.4, -0.2) is 11.6 Å². The van der Waals surface area contributed by atoms with Gasteiger partial charge in [-0.1, -0.05) is 85.5 Å². The average Bonchev–Trinajstić information content (AvgIpc) is 2.45.